The lowest BCUT2D eigenvalue weighted by molar-refractivity contribution is 0.421. The summed E-state index contributed by atoms with van der Waals surface area (Å²) in [6.07, 6.45) is 0. The summed E-state index contributed by atoms with van der Waals surface area (Å²) in [7, 11) is 1.36. The van der Waals surface area contributed by atoms with Gasteiger partial charge >= 0.3 is 0 Å². The van der Waals surface area contributed by atoms with E-state index in [-0.39, 0.29) is 16.8 Å². The Labute approximate surface area is 160 Å². The number of benzene rings is 2. The summed E-state index contributed by atoms with van der Waals surface area (Å²) in [6, 6.07) is 18.1. The Hall–Kier alpha value is -4.12. The number of azo groups is 2. The molecule has 3 aromatic rings. The standard InChI is InChI=1S/C20H16N6O2/c1-13-17(12-21)19(27)26(2)20(28)18(13)25-24-16-10-8-15(9-11-16)23-22-14-6-4-3-5-7-14/h3-11,27H,1-2H3. The van der Waals surface area contributed by atoms with Crippen molar-refractivity contribution >= 4 is 22.7 Å². The number of nitrogens with zero attached hydrogens (tertiary/aromatic N) is 6. The summed E-state index contributed by atoms with van der Waals surface area (Å²) in [6.45, 7) is 1.54. The summed E-state index contributed by atoms with van der Waals surface area (Å²) in [5.41, 5.74) is 1.64. The largest absolute Gasteiger partial charge is 0.493 e. The maximum Gasteiger partial charge on any atom is 0.281 e. The molecule has 0 saturated heterocycles. The van der Waals surface area contributed by atoms with E-state index in [0.717, 1.165) is 10.3 Å². The second-order valence-corrected chi connectivity index (χ2v) is 5.90. The molecule has 8 nitrogen and oxygen atoms in total. The number of hydrogen-bond donors (Lipinski definition) is 1. The van der Waals surface area contributed by atoms with Crippen LogP contribution in [0.3, 0.4) is 0 Å². The maximum atomic E-state index is 12.3. The van der Waals surface area contributed by atoms with E-state index in [0.29, 0.717) is 11.4 Å². The minimum absolute atomic E-state index is 0.00434. The van der Waals surface area contributed by atoms with E-state index in [2.05, 4.69) is 20.5 Å². The molecular weight excluding hydrogens is 356 g/mol. The van der Waals surface area contributed by atoms with Crippen LogP contribution < -0.4 is 5.56 Å². The topological polar surface area (TPSA) is 115 Å². The molecule has 0 spiro atoms. The van der Waals surface area contributed by atoms with Gasteiger partial charge in [0, 0.05) is 12.6 Å². The summed E-state index contributed by atoms with van der Waals surface area (Å²) in [5.74, 6) is -0.392. The summed E-state index contributed by atoms with van der Waals surface area (Å²) >= 11 is 0. The first-order chi connectivity index (χ1) is 13.5. The van der Waals surface area contributed by atoms with E-state index in [4.69, 9.17) is 0 Å². The molecule has 138 valence electrons. The predicted molar refractivity (Wildman–Crippen MR) is 104 cm³/mol. The van der Waals surface area contributed by atoms with Gasteiger partial charge in [-0.1, -0.05) is 18.2 Å². The number of rotatable bonds is 4. The van der Waals surface area contributed by atoms with Crippen LogP contribution in [0.1, 0.15) is 11.1 Å². The van der Waals surface area contributed by atoms with Gasteiger partial charge in [-0.05, 0) is 43.3 Å². The zero-order valence-electron chi connectivity index (χ0n) is 15.2. The van der Waals surface area contributed by atoms with Crippen molar-refractivity contribution in [2.45, 2.75) is 6.92 Å². The lowest BCUT2D eigenvalue weighted by atomic mass is 10.1. The molecule has 1 heterocycles. The molecule has 0 saturated carbocycles. The lowest BCUT2D eigenvalue weighted by Crippen LogP contribution is -2.18. The van der Waals surface area contributed by atoms with Gasteiger partial charge in [0.05, 0.1) is 17.1 Å². The fourth-order valence-corrected chi connectivity index (χ4v) is 2.42. The average molecular weight is 372 g/mol. The van der Waals surface area contributed by atoms with Crippen LogP contribution in [0.2, 0.25) is 0 Å². The number of aromatic nitrogens is 1. The predicted octanol–water partition coefficient (Wildman–Crippen LogP) is 5.10. The molecule has 0 fully saturated rings. The average Bonchev–Trinajstić information content (AvgIpc) is 2.73. The van der Waals surface area contributed by atoms with Gasteiger partial charge in [0.2, 0.25) is 5.88 Å². The number of pyridine rings is 1. The van der Waals surface area contributed by atoms with E-state index in [1.165, 1.54) is 7.05 Å². The lowest BCUT2D eigenvalue weighted by Gasteiger charge is -2.08. The number of hydrogen-bond acceptors (Lipinski definition) is 7. The molecule has 1 aromatic heterocycles. The Bertz CT molecular complexity index is 1160. The zero-order chi connectivity index (χ0) is 20.1. The highest BCUT2D eigenvalue weighted by atomic mass is 16.3. The molecule has 0 unspecified atom stereocenters. The third-order valence-electron chi connectivity index (χ3n) is 4.04. The normalized spacial score (nSPS) is 11.2. The smallest absolute Gasteiger partial charge is 0.281 e. The van der Waals surface area contributed by atoms with Crippen LogP contribution in [0.5, 0.6) is 5.88 Å². The van der Waals surface area contributed by atoms with E-state index in [1.54, 1.807) is 31.2 Å². The molecule has 3 rings (SSSR count). The van der Waals surface area contributed by atoms with Gasteiger partial charge in [0.25, 0.3) is 5.56 Å². The minimum Gasteiger partial charge on any atom is -0.493 e. The van der Waals surface area contributed by atoms with Crippen LogP contribution in [0, 0.1) is 18.3 Å². The van der Waals surface area contributed by atoms with Gasteiger partial charge in [0.15, 0.2) is 5.69 Å². The van der Waals surface area contributed by atoms with E-state index < -0.39 is 11.4 Å². The van der Waals surface area contributed by atoms with Gasteiger partial charge in [-0.2, -0.15) is 20.6 Å². The SMILES string of the molecule is Cc1c(C#N)c(O)n(C)c(=O)c1N=Nc1ccc(N=Nc2ccccc2)cc1. The highest BCUT2D eigenvalue weighted by Gasteiger charge is 2.16. The number of nitriles is 1. The molecule has 0 bridgehead atoms. The van der Waals surface area contributed by atoms with E-state index in [1.807, 2.05) is 36.4 Å². The van der Waals surface area contributed by atoms with Gasteiger partial charge in [0.1, 0.15) is 11.6 Å². The third-order valence-corrected chi connectivity index (χ3v) is 4.04. The van der Waals surface area contributed by atoms with Crippen LogP contribution in [0.25, 0.3) is 0 Å². The van der Waals surface area contributed by atoms with E-state index >= 15 is 0 Å². The first-order valence-corrected chi connectivity index (χ1v) is 8.32. The first kappa shape index (κ1) is 18.7. The molecule has 0 radical (unpaired) electrons. The van der Waals surface area contributed by atoms with Gasteiger partial charge in [-0.15, -0.1) is 5.11 Å². The highest BCUT2D eigenvalue weighted by molar-refractivity contribution is 5.57. The third kappa shape index (κ3) is 3.83. The molecule has 0 aliphatic carbocycles. The van der Waals surface area contributed by atoms with Crippen LogP contribution in [0.4, 0.5) is 22.7 Å². The zero-order valence-corrected chi connectivity index (χ0v) is 15.2. The Morgan fingerprint density at radius 1 is 0.893 bits per heavy atom. The number of aromatic hydroxyl groups is 1. The fourth-order valence-electron chi connectivity index (χ4n) is 2.42. The molecule has 0 atom stereocenters. The minimum atomic E-state index is -0.536. The molecule has 8 heteroatoms. The second-order valence-electron chi connectivity index (χ2n) is 5.90. The fraction of sp³-hybridized carbons (Fsp3) is 0.100. The van der Waals surface area contributed by atoms with Crippen LogP contribution in [0.15, 0.2) is 79.8 Å². The Morgan fingerprint density at radius 3 is 1.93 bits per heavy atom. The van der Waals surface area contributed by atoms with Crippen LogP contribution in [-0.4, -0.2) is 9.67 Å². The van der Waals surface area contributed by atoms with Crippen molar-refractivity contribution in [1.29, 1.82) is 5.26 Å². The van der Waals surface area contributed by atoms with Gasteiger partial charge in [-0.25, -0.2) is 0 Å². The summed E-state index contributed by atoms with van der Waals surface area (Å²) in [5, 5.41) is 35.4. The highest BCUT2D eigenvalue weighted by Crippen LogP contribution is 2.27. The maximum absolute atomic E-state index is 12.3. The molecule has 0 amide bonds. The van der Waals surface area contributed by atoms with Crippen LogP contribution >= 0.6 is 0 Å². The molecular formula is C20H16N6O2. The van der Waals surface area contributed by atoms with Crippen LogP contribution in [-0.2, 0) is 7.05 Å². The monoisotopic (exact) mass is 372 g/mol. The second kappa shape index (κ2) is 8.05. The molecule has 0 aliphatic rings. The van der Waals surface area contributed by atoms with Gasteiger partial charge < -0.3 is 5.11 Å². The Morgan fingerprint density at radius 2 is 1.39 bits per heavy atom. The van der Waals surface area contributed by atoms with Crippen molar-refractivity contribution in [2.24, 2.45) is 27.5 Å². The Kier molecular flexibility index (Phi) is 5.37. The molecule has 28 heavy (non-hydrogen) atoms. The van der Waals surface area contributed by atoms with Crippen molar-refractivity contribution in [3.05, 3.63) is 76.1 Å². The van der Waals surface area contributed by atoms with Crippen molar-refractivity contribution in [3.63, 3.8) is 0 Å². The molecule has 0 aliphatic heterocycles. The Balaban J connectivity index is 1.84. The van der Waals surface area contributed by atoms with Crippen molar-refractivity contribution < 1.29 is 5.11 Å². The first-order valence-electron chi connectivity index (χ1n) is 8.32. The quantitative estimate of drug-likeness (QED) is 0.642. The van der Waals surface area contributed by atoms with Crippen molar-refractivity contribution in [2.75, 3.05) is 0 Å². The van der Waals surface area contributed by atoms with Crippen molar-refractivity contribution in [3.8, 4) is 11.9 Å². The van der Waals surface area contributed by atoms with Crippen molar-refractivity contribution in [1.82, 2.24) is 4.57 Å². The van der Waals surface area contributed by atoms with E-state index in [9.17, 15) is 15.2 Å². The summed E-state index contributed by atoms with van der Waals surface area (Å²) in [4.78, 5) is 12.3. The van der Waals surface area contributed by atoms with Gasteiger partial charge in [-0.3, -0.25) is 9.36 Å². The molecule has 2 aromatic carbocycles. The molecule has 1 N–H and O–H groups in total. The summed E-state index contributed by atoms with van der Waals surface area (Å²) < 4.78 is 0.965.